The van der Waals surface area contributed by atoms with Crippen molar-refractivity contribution in [1.29, 1.82) is 0 Å². The molecule has 0 spiro atoms. The Labute approximate surface area is 122 Å². The Hall–Kier alpha value is -2.69. The maximum Gasteiger partial charge on any atom is 0.253 e. The van der Waals surface area contributed by atoms with Crippen LogP contribution >= 0.6 is 0 Å². The number of amides is 2. The van der Waals surface area contributed by atoms with Crippen molar-refractivity contribution in [3.05, 3.63) is 54.4 Å². The van der Waals surface area contributed by atoms with Gasteiger partial charge < -0.3 is 10.6 Å². The van der Waals surface area contributed by atoms with E-state index in [0.29, 0.717) is 18.5 Å². The van der Waals surface area contributed by atoms with Crippen LogP contribution in [-0.2, 0) is 4.79 Å². The molecular weight excluding hydrogens is 266 g/mol. The minimum atomic E-state index is -0.207. The largest absolute Gasteiger partial charge is 0.354 e. The third-order valence-electron chi connectivity index (χ3n) is 3.42. The quantitative estimate of drug-likeness (QED) is 0.892. The lowest BCUT2D eigenvalue weighted by molar-refractivity contribution is -0.119. The molecule has 1 aliphatic heterocycles. The van der Waals surface area contributed by atoms with Crippen molar-refractivity contribution in [1.82, 2.24) is 15.6 Å². The molecule has 21 heavy (non-hydrogen) atoms. The summed E-state index contributed by atoms with van der Waals surface area (Å²) in [5.41, 5.74) is 2.40. The Kier molecular flexibility index (Phi) is 3.64. The van der Waals surface area contributed by atoms with Gasteiger partial charge >= 0.3 is 0 Å². The molecule has 1 fully saturated rings. The van der Waals surface area contributed by atoms with E-state index in [4.69, 9.17) is 0 Å². The molecule has 2 aromatic rings. The van der Waals surface area contributed by atoms with Crippen LogP contribution < -0.4 is 10.6 Å². The summed E-state index contributed by atoms with van der Waals surface area (Å²) < 4.78 is 0. The average Bonchev–Trinajstić information content (AvgIpc) is 2.93. The maximum atomic E-state index is 12.2. The topological polar surface area (TPSA) is 71.1 Å². The first-order valence-electron chi connectivity index (χ1n) is 6.80. The number of benzene rings is 1. The molecule has 106 valence electrons. The van der Waals surface area contributed by atoms with Crippen LogP contribution in [0.4, 0.5) is 0 Å². The molecule has 1 aromatic carbocycles. The van der Waals surface area contributed by atoms with E-state index < -0.39 is 0 Å². The van der Waals surface area contributed by atoms with Gasteiger partial charge in [-0.2, -0.15) is 0 Å². The number of carbonyl (C=O) groups excluding carboxylic acids is 2. The Balaban J connectivity index is 1.76. The molecule has 1 saturated heterocycles. The highest BCUT2D eigenvalue weighted by Gasteiger charge is 2.23. The second-order valence-corrected chi connectivity index (χ2v) is 5.01. The van der Waals surface area contributed by atoms with Crippen molar-refractivity contribution >= 4 is 11.8 Å². The zero-order valence-corrected chi connectivity index (χ0v) is 11.4. The van der Waals surface area contributed by atoms with E-state index in [-0.39, 0.29) is 17.9 Å². The molecule has 2 N–H and O–H groups in total. The second-order valence-electron chi connectivity index (χ2n) is 5.01. The Morgan fingerprint density at radius 3 is 2.71 bits per heavy atom. The van der Waals surface area contributed by atoms with Gasteiger partial charge in [0.25, 0.3) is 5.91 Å². The molecule has 0 bridgehead atoms. The lowest BCUT2D eigenvalue weighted by atomic mass is 10.1. The highest BCUT2D eigenvalue weighted by atomic mass is 16.2. The Morgan fingerprint density at radius 1 is 1.19 bits per heavy atom. The molecule has 0 radical (unpaired) electrons. The van der Waals surface area contributed by atoms with Crippen molar-refractivity contribution < 1.29 is 9.59 Å². The second kappa shape index (κ2) is 5.75. The first-order valence-corrected chi connectivity index (χ1v) is 6.80. The van der Waals surface area contributed by atoms with Gasteiger partial charge in [0.1, 0.15) is 0 Å². The number of hydrogen-bond donors (Lipinski definition) is 2. The van der Waals surface area contributed by atoms with Gasteiger partial charge in [0, 0.05) is 30.9 Å². The number of pyridine rings is 1. The highest BCUT2D eigenvalue weighted by molar-refractivity contribution is 5.95. The van der Waals surface area contributed by atoms with Crippen LogP contribution in [0.25, 0.3) is 11.1 Å². The minimum Gasteiger partial charge on any atom is -0.354 e. The molecule has 5 nitrogen and oxygen atoms in total. The molecule has 1 unspecified atom stereocenters. The van der Waals surface area contributed by atoms with Crippen molar-refractivity contribution in [2.75, 3.05) is 6.54 Å². The number of rotatable bonds is 3. The predicted octanol–water partition coefficient (Wildman–Crippen LogP) is 1.37. The summed E-state index contributed by atoms with van der Waals surface area (Å²) >= 11 is 0. The van der Waals surface area contributed by atoms with E-state index in [1.54, 1.807) is 6.20 Å². The van der Waals surface area contributed by atoms with Gasteiger partial charge in [-0.3, -0.25) is 14.6 Å². The molecule has 1 atom stereocenters. The molecule has 5 heteroatoms. The fraction of sp³-hybridized carbons (Fsp3) is 0.188. The molecule has 1 aromatic heterocycles. The van der Waals surface area contributed by atoms with Crippen LogP contribution in [0.3, 0.4) is 0 Å². The molecule has 2 amide bonds. The average molecular weight is 281 g/mol. The number of nitrogens with one attached hydrogen (secondary N) is 2. The van der Waals surface area contributed by atoms with Gasteiger partial charge in [0.05, 0.1) is 11.6 Å². The monoisotopic (exact) mass is 281 g/mol. The van der Waals surface area contributed by atoms with E-state index in [2.05, 4.69) is 15.6 Å². The van der Waals surface area contributed by atoms with Crippen LogP contribution in [0.15, 0.2) is 48.8 Å². The number of carbonyl (C=O) groups is 2. The zero-order valence-electron chi connectivity index (χ0n) is 11.4. The van der Waals surface area contributed by atoms with Crippen LogP contribution in [0.2, 0.25) is 0 Å². The zero-order chi connectivity index (χ0) is 14.7. The number of nitrogens with zero attached hydrogens (tertiary/aromatic N) is 1. The molecule has 0 saturated carbocycles. The first-order chi connectivity index (χ1) is 10.2. The standard InChI is InChI=1S/C16H15N3O2/c20-15-7-14(10-18-15)19-16(21)13-6-12(8-17-9-13)11-4-2-1-3-5-11/h1-6,8-9,14H,7,10H2,(H,18,20)(H,19,21). The summed E-state index contributed by atoms with van der Waals surface area (Å²) in [7, 11) is 0. The van der Waals surface area contributed by atoms with Crippen molar-refractivity contribution in [2.24, 2.45) is 0 Å². The summed E-state index contributed by atoms with van der Waals surface area (Å²) in [6, 6.07) is 11.4. The smallest absolute Gasteiger partial charge is 0.253 e. The van der Waals surface area contributed by atoms with Gasteiger partial charge in [-0.1, -0.05) is 30.3 Å². The third-order valence-corrected chi connectivity index (χ3v) is 3.42. The van der Waals surface area contributed by atoms with Crippen LogP contribution in [0, 0.1) is 0 Å². The fourth-order valence-electron chi connectivity index (χ4n) is 2.33. The van der Waals surface area contributed by atoms with E-state index in [1.807, 2.05) is 36.4 Å². The van der Waals surface area contributed by atoms with Crippen LogP contribution in [-0.4, -0.2) is 29.4 Å². The fourth-order valence-corrected chi connectivity index (χ4v) is 2.33. The molecular formula is C16H15N3O2. The van der Waals surface area contributed by atoms with E-state index >= 15 is 0 Å². The summed E-state index contributed by atoms with van der Waals surface area (Å²) in [5, 5.41) is 5.54. The van der Waals surface area contributed by atoms with E-state index in [1.165, 1.54) is 6.20 Å². The van der Waals surface area contributed by atoms with E-state index in [0.717, 1.165) is 11.1 Å². The van der Waals surface area contributed by atoms with Crippen molar-refractivity contribution in [2.45, 2.75) is 12.5 Å². The van der Waals surface area contributed by atoms with E-state index in [9.17, 15) is 9.59 Å². The summed E-state index contributed by atoms with van der Waals surface area (Å²) in [6.45, 7) is 0.483. The number of hydrogen-bond acceptors (Lipinski definition) is 3. The van der Waals surface area contributed by atoms with Gasteiger partial charge in [0.2, 0.25) is 5.91 Å². The lowest BCUT2D eigenvalue weighted by Gasteiger charge is -2.11. The summed E-state index contributed by atoms with van der Waals surface area (Å²) in [6.07, 6.45) is 3.59. The first kappa shape index (κ1) is 13.3. The minimum absolute atomic E-state index is 0.0311. The lowest BCUT2D eigenvalue weighted by Crippen LogP contribution is -2.36. The SMILES string of the molecule is O=C1CC(NC(=O)c2cncc(-c3ccccc3)c2)CN1. The third kappa shape index (κ3) is 3.08. The normalized spacial score (nSPS) is 17.3. The van der Waals surface area contributed by atoms with Crippen molar-refractivity contribution in [3.63, 3.8) is 0 Å². The Morgan fingerprint density at radius 2 is 2.00 bits per heavy atom. The highest BCUT2D eigenvalue weighted by Crippen LogP contribution is 2.18. The molecule has 2 heterocycles. The van der Waals surface area contributed by atoms with Crippen LogP contribution in [0.5, 0.6) is 0 Å². The summed E-state index contributed by atoms with van der Waals surface area (Å²) in [5.74, 6) is -0.238. The summed E-state index contributed by atoms with van der Waals surface area (Å²) in [4.78, 5) is 27.5. The molecule has 3 rings (SSSR count). The van der Waals surface area contributed by atoms with Gasteiger partial charge in [-0.25, -0.2) is 0 Å². The predicted molar refractivity (Wildman–Crippen MR) is 78.6 cm³/mol. The van der Waals surface area contributed by atoms with Gasteiger partial charge in [-0.05, 0) is 11.6 Å². The van der Waals surface area contributed by atoms with Crippen molar-refractivity contribution in [3.8, 4) is 11.1 Å². The van der Waals surface area contributed by atoms with Gasteiger partial charge in [-0.15, -0.1) is 0 Å². The molecule has 1 aliphatic rings. The maximum absolute atomic E-state index is 12.2. The van der Waals surface area contributed by atoms with Crippen LogP contribution in [0.1, 0.15) is 16.8 Å². The number of aromatic nitrogens is 1. The Bertz CT molecular complexity index is 670. The molecule has 0 aliphatic carbocycles. The van der Waals surface area contributed by atoms with Gasteiger partial charge in [0.15, 0.2) is 0 Å².